The molecule has 1 rings (SSSR count). The van der Waals surface area contributed by atoms with Gasteiger partial charge in [0.15, 0.2) is 0 Å². The second-order valence-electron chi connectivity index (χ2n) is 3.82. The van der Waals surface area contributed by atoms with E-state index in [2.05, 4.69) is 15.9 Å². The summed E-state index contributed by atoms with van der Waals surface area (Å²) in [5.74, 6) is -2.89. The van der Waals surface area contributed by atoms with Crippen molar-refractivity contribution >= 4 is 26.0 Å². The molecule has 1 unspecified atom stereocenters. The standard InChI is InChI=1S/C10H12BrF2NO2S/c1-10(12,13)6-8(11)7-4-2-3-5-9(7)17(14,15)16/h2-5,8H,6H2,1H3,(H2,14,15,16). The maximum Gasteiger partial charge on any atom is 0.246 e. The van der Waals surface area contributed by atoms with Crippen molar-refractivity contribution in [3.63, 3.8) is 0 Å². The highest BCUT2D eigenvalue weighted by Crippen LogP contribution is 2.36. The van der Waals surface area contributed by atoms with Crippen molar-refractivity contribution in [3.05, 3.63) is 29.8 Å². The van der Waals surface area contributed by atoms with Gasteiger partial charge < -0.3 is 0 Å². The summed E-state index contributed by atoms with van der Waals surface area (Å²) >= 11 is 3.07. The molecule has 0 aliphatic carbocycles. The predicted molar refractivity (Wildman–Crippen MR) is 64.7 cm³/mol. The van der Waals surface area contributed by atoms with Crippen molar-refractivity contribution in [2.75, 3.05) is 0 Å². The number of halogens is 3. The summed E-state index contributed by atoms with van der Waals surface area (Å²) in [4.78, 5) is -0.900. The molecule has 0 aliphatic heterocycles. The number of hydrogen-bond acceptors (Lipinski definition) is 2. The molecular weight excluding hydrogens is 316 g/mol. The quantitative estimate of drug-likeness (QED) is 0.864. The first-order chi connectivity index (χ1) is 7.61. The number of nitrogens with two attached hydrogens (primary N) is 1. The summed E-state index contributed by atoms with van der Waals surface area (Å²) < 4.78 is 48.3. The lowest BCUT2D eigenvalue weighted by molar-refractivity contribution is 0.0128. The van der Waals surface area contributed by atoms with Gasteiger partial charge in [0.05, 0.1) is 4.90 Å². The highest BCUT2D eigenvalue weighted by atomic mass is 79.9. The van der Waals surface area contributed by atoms with E-state index in [1.165, 1.54) is 18.2 Å². The van der Waals surface area contributed by atoms with E-state index < -0.39 is 27.2 Å². The van der Waals surface area contributed by atoms with Crippen LogP contribution in [0.1, 0.15) is 23.7 Å². The first-order valence-corrected chi connectivity index (χ1v) is 7.21. The summed E-state index contributed by atoms with van der Waals surface area (Å²) in [6.45, 7) is 0.779. The minimum absolute atomic E-state index is 0.133. The van der Waals surface area contributed by atoms with Gasteiger partial charge in [-0.2, -0.15) is 0 Å². The van der Waals surface area contributed by atoms with Crippen LogP contribution in [0.4, 0.5) is 8.78 Å². The van der Waals surface area contributed by atoms with Crippen LogP contribution in [0.25, 0.3) is 0 Å². The van der Waals surface area contributed by atoms with Gasteiger partial charge in [-0.15, -0.1) is 0 Å². The van der Waals surface area contributed by atoms with Crippen molar-refractivity contribution in [2.24, 2.45) is 5.14 Å². The summed E-state index contributed by atoms with van der Waals surface area (Å²) in [6.07, 6.45) is -0.500. The molecule has 1 aromatic rings. The lowest BCUT2D eigenvalue weighted by Crippen LogP contribution is -2.17. The first-order valence-electron chi connectivity index (χ1n) is 4.75. The van der Waals surface area contributed by atoms with E-state index in [1.54, 1.807) is 6.07 Å². The van der Waals surface area contributed by atoms with Crippen molar-refractivity contribution in [2.45, 2.75) is 29.0 Å². The Bertz CT molecular complexity index is 499. The van der Waals surface area contributed by atoms with Crippen LogP contribution in [-0.4, -0.2) is 14.3 Å². The van der Waals surface area contributed by atoms with Crippen LogP contribution < -0.4 is 5.14 Å². The third-order valence-electron chi connectivity index (χ3n) is 2.10. The molecule has 0 aliphatic rings. The lowest BCUT2D eigenvalue weighted by atomic mass is 10.1. The van der Waals surface area contributed by atoms with Gasteiger partial charge in [-0.05, 0) is 18.6 Å². The fraction of sp³-hybridized carbons (Fsp3) is 0.400. The molecule has 0 aromatic heterocycles. The van der Waals surface area contributed by atoms with E-state index in [0.29, 0.717) is 0 Å². The third-order valence-corrected chi connectivity index (χ3v) is 3.90. The van der Waals surface area contributed by atoms with Gasteiger partial charge in [0.2, 0.25) is 15.9 Å². The van der Waals surface area contributed by atoms with E-state index in [1.807, 2.05) is 0 Å². The zero-order valence-corrected chi connectivity index (χ0v) is 11.4. The van der Waals surface area contributed by atoms with Gasteiger partial charge in [0.25, 0.3) is 0 Å². The molecule has 2 N–H and O–H groups in total. The maximum absolute atomic E-state index is 12.9. The van der Waals surface area contributed by atoms with Crippen LogP contribution in [0.2, 0.25) is 0 Å². The number of rotatable bonds is 4. The fourth-order valence-electron chi connectivity index (χ4n) is 1.42. The second-order valence-corrected chi connectivity index (χ2v) is 6.46. The van der Waals surface area contributed by atoms with Crippen LogP contribution in [-0.2, 0) is 10.0 Å². The van der Waals surface area contributed by atoms with Gasteiger partial charge in [0, 0.05) is 11.2 Å². The number of primary sulfonamides is 1. The van der Waals surface area contributed by atoms with E-state index >= 15 is 0 Å². The van der Waals surface area contributed by atoms with Crippen LogP contribution in [0, 0.1) is 0 Å². The monoisotopic (exact) mass is 327 g/mol. The molecule has 1 aromatic carbocycles. The van der Waals surface area contributed by atoms with Crippen LogP contribution in [0.3, 0.4) is 0 Å². The number of benzene rings is 1. The van der Waals surface area contributed by atoms with Crippen LogP contribution in [0.5, 0.6) is 0 Å². The molecule has 0 saturated carbocycles. The minimum atomic E-state index is -3.91. The zero-order chi connectivity index (χ0) is 13.3. The highest BCUT2D eigenvalue weighted by molar-refractivity contribution is 9.09. The molecule has 0 radical (unpaired) electrons. The lowest BCUT2D eigenvalue weighted by Gasteiger charge is -2.17. The van der Waals surface area contributed by atoms with Gasteiger partial charge in [-0.3, -0.25) is 0 Å². The Morgan fingerprint density at radius 2 is 1.94 bits per heavy atom. The topological polar surface area (TPSA) is 60.2 Å². The predicted octanol–water partition coefficient (Wildman–Crippen LogP) is 2.82. The average molecular weight is 328 g/mol. The van der Waals surface area contributed by atoms with Crippen molar-refractivity contribution in [1.29, 1.82) is 0 Å². The summed E-state index contributed by atoms with van der Waals surface area (Å²) in [5, 5.41) is 5.02. The second kappa shape index (κ2) is 4.99. The van der Waals surface area contributed by atoms with Crippen molar-refractivity contribution in [1.82, 2.24) is 0 Å². The highest BCUT2D eigenvalue weighted by Gasteiger charge is 2.28. The zero-order valence-electron chi connectivity index (χ0n) is 9.03. The van der Waals surface area contributed by atoms with Gasteiger partial charge >= 0.3 is 0 Å². The first kappa shape index (κ1) is 14.5. The molecule has 0 heterocycles. The van der Waals surface area contributed by atoms with Crippen LogP contribution in [0.15, 0.2) is 29.2 Å². The van der Waals surface area contributed by atoms with E-state index in [4.69, 9.17) is 5.14 Å². The Hall–Kier alpha value is -0.530. The molecule has 0 saturated heterocycles. The normalized spacial score (nSPS) is 14.6. The molecule has 0 spiro atoms. The Kier molecular flexibility index (Phi) is 4.27. The molecule has 0 fully saturated rings. The van der Waals surface area contributed by atoms with E-state index in [9.17, 15) is 17.2 Å². The molecule has 1 atom stereocenters. The molecule has 7 heteroatoms. The smallest absolute Gasteiger partial charge is 0.225 e. The average Bonchev–Trinajstić information content (AvgIpc) is 2.13. The molecule has 17 heavy (non-hydrogen) atoms. The maximum atomic E-state index is 12.9. The minimum Gasteiger partial charge on any atom is -0.225 e. The largest absolute Gasteiger partial charge is 0.246 e. The fourth-order valence-corrected chi connectivity index (χ4v) is 3.35. The molecule has 3 nitrogen and oxygen atoms in total. The van der Waals surface area contributed by atoms with Crippen LogP contribution >= 0.6 is 15.9 Å². The van der Waals surface area contributed by atoms with Crippen molar-refractivity contribution < 1.29 is 17.2 Å². The van der Waals surface area contributed by atoms with E-state index in [0.717, 1.165) is 6.92 Å². The Morgan fingerprint density at radius 1 is 1.41 bits per heavy atom. The molecule has 0 bridgehead atoms. The SMILES string of the molecule is CC(F)(F)CC(Br)c1ccccc1S(N)(=O)=O. The number of hydrogen-bond donors (Lipinski definition) is 1. The Labute approximate surface area is 107 Å². The van der Waals surface area contributed by atoms with Gasteiger partial charge in [-0.25, -0.2) is 22.3 Å². The van der Waals surface area contributed by atoms with Gasteiger partial charge in [-0.1, -0.05) is 34.1 Å². The Balaban J connectivity index is 3.15. The number of alkyl halides is 3. The van der Waals surface area contributed by atoms with Crippen molar-refractivity contribution in [3.8, 4) is 0 Å². The number of sulfonamides is 1. The third kappa shape index (κ3) is 4.33. The van der Waals surface area contributed by atoms with Gasteiger partial charge in [0.1, 0.15) is 0 Å². The van der Waals surface area contributed by atoms with E-state index in [-0.39, 0.29) is 10.5 Å². The molecular formula is C10H12BrF2NO2S. The summed E-state index contributed by atoms with van der Waals surface area (Å²) in [7, 11) is -3.91. The Morgan fingerprint density at radius 3 is 2.41 bits per heavy atom. The summed E-state index contributed by atoms with van der Waals surface area (Å²) in [5.41, 5.74) is 0.247. The molecule has 0 amide bonds. The summed E-state index contributed by atoms with van der Waals surface area (Å²) in [6, 6.07) is 5.83. The molecule has 96 valence electrons.